The summed E-state index contributed by atoms with van der Waals surface area (Å²) in [7, 11) is 0. The van der Waals surface area contributed by atoms with E-state index < -0.39 is 0 Å². The quantitative estimate of drug-likeness (QED) is 0.861. The van der Waals surface area contributed by atoms with E-state index in [1.54, 1.807) is 6.07 Å². The first kappa shape index (κ1) is 17.3. The first-order chi connectivity index (χ1) is 12.1. The minimum absolute atomic E-state index is 0.0234. The minimum Gasteiger partial charge on any atom is -0.372 e. The average molecular weight is 341 g/mol. The fourth-order valence-electron chi connectivity index (χ4n) is 3.27. The fraction of sp³-hybridized carbons (Fsp3) is 0.350. The molecule has 2 aromatic carbocycles. The van der Waals surface area contributed by atoms with Crippen LogP contribution < -0.4 is 15.5 Å². The molecule has 1 amide bonds. The number of para-hydroxylation sites is 2. The molecule has 2 N–H and O–H groups in total. The molecule has 0 aliphatic carbocycles. The van der Waals surface area contributed by atoms with Crippen molar-refractivity contribution in [2.75, 3.05) is 35.2 Å². The number of aryl methyl sites for hydroxylation is 2. The Morgan fingerprint density at radius 3 is 2.36 bits per heavy atom. The number of carbonyl (C=O) groups is 1. The van der Waals surface area contributed by atoms with Gasteiger partial charge in [-0.25, -0.2) is 4.39 Å². The topological polar surface area (TPSA) is 44.4 Å². The van der Waals surface area contributed by atoms with Gasteiger partial charge in [-0.3, -0.25) is 4.79 Å². The van der Waals surface area contributed by atoms with Gasteiger partial charge in [-0.2, -0.15) is 0 Å². The molecule has 1 aliphatic rings. The molecular weight excluding hydrogens is 317 g/mol. The zero-order valence-corrected chi connectivity index (χ0v) is 14.7. The molecule has 0 saturated carbocycles. The van der Waals surface area contributed by atoms with Crippen LogP contribution in [-0.4, -0.2) is 25.5 Å². The number of nitrogens with one attached hydrogen (secondary N) is 2. The second kappa shape index (κ2) is 7.55. The van der Waals surface area contributed by atoms with Crippen LogP contribution in [0, 0.1) is 19.7 Å². The first-order valence-corrected chi connectivity index (χ1v) is 8.69. The number of hydrogen-bond acceptors (Lipinski definition) is 3. The Bertz CT molecular complexity index is 749. The lowest BCUT2D eigenvalue weighted by molar-refractivity contribution is -0.114. The molecule has 0 aromatic heterocycles. The standard InChI is InChI=1S/C20H24FN3O/c1-14-7-5-8-15(2)19(14)23-18(25)13-22-20-16(21)9-6-10-17(20)24-11-3-4-12-24/h5-10,22H,3-4,11-13H2,1-2H3,(H,23,25). The largest absolute Gasteiger partial charge is 0.372 e. The molecule has 5 heteroatoms. The third-order valence-electron chi connectivity index (χ3n) is 4.61. The van der Waals surface area contributed by atoms with Crippen LogP contribution in [0.3, 0.4) is 0 Å². The number of nitrogens with zero attached hydrogens (tertiary/aromatic N) is 1. The predicted molar refractivity (Wildman–Crippen MR) is 101 cm³/mol. The summed E-state index contributed by atoms with van der Waals surface area (Å²) >= 11 is 0. The van der Waals surface area contributed by atoms with E-state index >= 15 is 0 Å². The Morgan fingerprint density at radius 2 is 1.68 bits per heavy atom. The van der Waals surface area contributed by atoms with Crippen LogP contribution in [0.2, 0.25) is 0 Å². The van der Waals surface area contributed by atoms with Gasteiger partial charge in [0.1, 0.15) is 5.82 Å². The van der Waals surface area contributed by atoms with Gasteiger partial charge < -0.3 is 15.5 Å². The van der Waals surface area contributed by atoms with Crippen LogP contribution in [0.1, 0.15) is 24.0 Å². The van der Waals surface area contributed by atoms with Crippen molar-refractivity contribution in [1.82, 2.24) is 0 Å². The highest BCUT2D eigenvalue weighted by atomic mass is 19.1. The summed E-state index contributed by atoms with van der Waals surface area (Å²) in [5, 5.41) is 5.91. The molecule has 132 valence electrons. The zero-order chi connectivity index (χ0) is 17.8. The minimum atomic E-state index is -0.329. The van der Waals surface area contributed by atoms with E-state index in [0.29, 0.717) is 5.69 Å². The van der Waals surface area contributed by atoms with Crippen molar-refractivity contribution < 1.29 is 9.18 Å². The average Bonchev–Trinajstić information content (AvgIpc) is 3.11. The van der Waals surface area contributed by atoms with Crippen molar-refractivity contribution in [3.63, 3.8) is 0 Å². The Morgan fingerprint density at radius 1 is 1.04 bits per heavy atom. The van der Waals surface area contributed by atoms with Gasteiger partial charge in [0.25, 0.3) is 0 Å². The number of hydrogen-bond donors (Lipinski definition) is 2. The summed E-state index contributed by atoms with van der Waals surface area (Å²) in [4.78, 5) is 14.5. The number of amides is 1. The van der Waals surface area contributed by atoms with Crippen molar-refractivity contribution in [2.45, 2.75) is 26.7 Å². The molecule has 1 heterocycles. The lowest BCUT2D eigenvalue weighted by Gasteiger charge is -2.22. The molecule has 4 nitrogen and oxygen atoms in total. The smallest absolute Gasteiger partial charge is 0.243 e. The van der Waals surface area contributed by atoms with Gasteiger partial charge in [-0.1, -0.05) is 24.3 Å². The Kier molecular flexibility index (Phi) is 5.22. The molecule has 1 aliphatic heterocycles. The Labute approximate surface area is 148 Å². The van der Waals surface area contributed by atoms with Crippen molar-refractivity contribution in [1.29, 1.82) is 0 Å². The van der Waals surface area contributed by atoms with Crippen molar-refractivity contribution in [3.8, 4) is 0 Å². The van der Waals surface area contributed by atoms with Gasteiger partial charge in [0.05, 0.1) is 17.9 Å². The first-order valence-electron chi connectivity index (χ1n) is 8.69. The predicted octanol–water partition coefficient (Wildman–Crippen LogP) is 4.09. The Hall–Kier alpha value is -2.56. The van der Waals surface area contributed by atoms with Crippen LogP contribution in [0.4, 0.5) is 21.5 Å². The van der Waals surface area contributed by atoms with E-state index in [1.807, 2.05) is 38.1 Å². The summed E-state index contributed by atoms with van der Waals surface area (Å²) in [5.74, 6) is -0.516. The molecule has 0 atom stereocenters. The molecule has 0 unspecified atom stereocenters. The second-order valence-electron chi connectivity index (χ2n) is 6.50. The molecule has 1 fully saturated rings. The van der Waals surface area contributed by atoms with Gasteiger partial charge in [0.15, 0.2) is 0 Å². The third kappa shape index (κ3) is 3.92. The SMILES string of the molecule is Cc1cccc(C)c1NC(=O)CNc1c(F)cccc1N1CCCC1. The highest BCUT2D eigenvalue weighted by Crippen LogP contribution is 2.31. The van der Waals surface area contributed by atoms with Gasteiger partial charge in [0.2, 0.25) is 5.91 Å². The van der Waals surface area contributed by atoms with E-state index in [4.69, 9.17) is 0 Å². The second-order valence-corrected chi connectivity index (χ2v) is 6.50. The van der Waals surface area contributed by atoms with E-state index in [-0.39, 0.29) is 18.3 Å². The lowest BCUT2D eigenvalue weighted by Crippen LogP contribution is -2.25. The van der Waals surface area contributed by atoms with Crippen LogP contribution in [0.5, 0.6) is 0 Å². The number of rotatable bonds is 5. The summed E-state index contributed by atoms with van der Waals surface area (Å²) in [6.45, 7) is 5.78. The summed E-state index contributed by atoms with van der Waals surface area (Å²) < 4.78 is 14.3. The Balaban J connectivity index is 1.70. The van der Waals surface area contributed by atoms with E-state index in [1.165, 1.54) is 6.07 Å². The number of anilines is 3. The van der Waals surface area contributed by atoms with E-state index in [0.717, 1.165) is 48.4 Å². The molecular formula is C20H24FN3O. The zero-order valence-electron chi connectivity index (χ0n) is 14.7. The van der Waals surface area contributed by atoms with Gasteiger partial charge in [0, 0.05) is 18.8 Å². The number of halogens is 1. The van der Waals surface area contributed by atoms with Gasteiger partial charge in [-0.05, 0) is 49.9 Å². The molecule has 0 radical (unpaired) electrons. The maximum absolute atomic E-state index is 14.3. The number of benzene rings is 2. The van der Waals surface area contributed by atoms with Crippen molar-refractivity contribution >= 4 is 23.0 Å². The van der Waals surface area contributed by atoms with Gasteiger partial charge >= 0.3 is 0 Å². The molecule has 25 heavy (non-hydrogen) atoms. The fourth-order valence-corrected chi connectivity index (χ4v) is 3.27. The highest BCUT2D eigenvalue weighted by molar-refractivity contribution is 5.95. The molecule has 2 aromatic rings. The van der Waals surface area contributed by atoms with Crippen LogP contribution in [0.25, 0.3) is 0 Å². The maximum atomic E-state index is 14.3. The normalized spacial score (nSPS) is 13.8. The summed E-state index contributed by atoms with van der Waals surface area (Å²) in [6.07, 6.45) is 2.23. The van der Waals surface area contributed by atoms with Crippen LogP contribution >= 0.6 is 0 Å². The highest BCUT2D eigenvalue weighted by Gasteiger charge is 2.18. The van der Waals surface area contributed by atoms with Gasteiger partial charge in [-0.15, -0.1) is 0 Å². The lowest BCUT2D eigenvalue weighted by atomic mass is 10.1. The summed E-state index contributed by atoms with van der Waals surface area (Å²) in [6, 6.07) is 10.9. The molecule has 0 spiro atoms. The van der Waals surface area contributed by atoms with E-state index in [9.17, 15) is 9.18 Å². The molecule has 1 saturated heterocycles. The van der Waals surface area contributed by atoms with E-state index in [2.05, 4.69) is 15.5 Å². The van der Waals surface area contributed by atoms with Crippen LogP contribution in [0.15, 0.2) is 36.4 Å². The third-order valence-corrected chi connectivity index (χ3v) is 4.61. The van der Waals surface area contributed by atoms with Crippen LogP contribution in [-0.2, 0) is 4.79 Å². The monoisotopic (exact) mass is 341 g/mol. The maximum Gasteiger partial charge on any atom is 0.243 e. The van der Waals surface area contributed by atoms with Crippen molar-refractivity contribution in [2.24, 2.45) is 0 Å². The molecule has 0 bridgehead atoms. The number of carbonyl (C=O) groups excluding carboxylic acids is 1. The summed E-state index contributed by atoms with van der Waals surface area (Å²) in [5.41, 5.74) is 4.08. The molecule has 3 rings (SSSR count). The van der Waals surface area contributed by atoms with Crippen molar-refractivity contribution in [3.05, 3.63) is 53.3 Å².